The van der Waals surface area contributed by atoms with Gasteiger partial charge in [0.1, 0.15) is 5.69 Å². The molecular formula is C14H10ClN3. The first-order chi connectivity index (χ1) is 8.75. The van der Waals surface area contributed by atoms with Crippen molar-refractivity contribution in [2.45, 2.75) is 0 Å². The van der Waals surface area contributed by atoms with E-state index in [1.165, 1.54) is 0 Å². The third-order valence-electron chi connectivity index (χ3n) is 2.73. The summed E-state index contributed by atoms with van der Waals surface area (Å²) >= 11 is 6.16. The standard InChI is InChI=1S/C14H10ClN3/c15-10-6-2-1-5-9(10)13-14(16)18-12-8-4-3-7-11(12)17-13/h1-8H,(H2,16,18). The summed E-state index contributed by atoms with van der Waals surface area (Å²) in [4.78, 5) is 8.88. The first kappa shape index (κ1) is 11.0. The molecule has 0 saturated carbocycles. The molecule has 0 radical (unpaired) electrons. The van der Waals surface area contributed by atoms with Crippen LogP contribution in [0.15, 0.2) is 48.5 Å². The molecule has 1 aromatic heterocycles. The highest BCUT2D eigenvalue weighted by molar-refractivity contribution is 6.33. The van der Waals surface area contributed by atoms with Crippen LogP contribution < -0.4 is 5.73 Å². The fraction of sp³-hybridized carbons (Fsp3) is 0. The van der Waals surface area contributed by atoms with Gasteiger partial charge >= 0.3 is 0 Å². The summed E-state index contributed by atoms with van der Waals surface area (Å²) in [5, 5.41) is 0.619. The zero-order valence-corrected chi connectivity index (χ0v) is 10.2. The van der Waals surface area contributed by atoms with Crippen LogP contribution >= 0.6 is 11.6 Å². The maximum atomic E-state index is 6.16. The predicted molar refractivity (Wildman–Crippen MR) is 74.4 cm³/mol. The van der Waals surface area contributed by atoms with Gasteiger partial charge in [0.15, 0.2) is 5.82 Å². The number of nitrogens with two attached hydrogens (primary N) is 1. The van der Waals surface area contributed by atoms with Gasteiger partial charge in [-0.15, -0.1) is 0 Å². The minimum atomic E-state index is 0.391. The van der Waals surface area contributed by atoms with Crippen LogP contribution in [0.1, 0.15) is 0 Å². The quantitative estimate of drug-likeness (QED) is 0.724. The lowest BCUT2D eigenvalue weighted by molar-refractivity contribution is 1.30. The van der Waals surface area contributed by atoms with Gasteiger partial charge < -0.3 is 5.73 Å². The van der Waals surface area contributed by atoms with E-state index < -0.39 is 0 Å². The molecule has 0 fully saturated rings. The molecule has 0 aliphatic rings. The second-order valence-corrected chi connectivity index (χ2v) is 4.33. The highest BCUT2D eigenvalue weighted by Crippen LogP contribution is 2.30. The average Bonchev–Trinajstić information content (AvgIpc) is 2.39. The van der Waals surface area contributed by atoms with E-state index in [2.05, 4.69) is 9.97 Å². The third-order valence-corrected chi connectivity index (χ3v) is 3.06. The molecule has 2 N–H and O–H groups in total. The summed E-state index contributed by atoms with van der Waals surface area (Å²) in [6.07, 6.45) is 0. The molecule has 0 aliphatic heterocycles. The molecule has 3 rings (SSSR count). The Bertz CT molecular complexity index is 725. The van der Waals surface area contributed by atoms with Crippen LogP contribution in [0.25, 0.3) is 22.3 Å². The van der Waals surface area contributed by atoms with Crippen LogP contribution in [0.5, 0.6) is 0 Å². The van der Waals surface area contributed by atoms with Gasteiger partial charge in [-0.1, -0.05) is 41.9 Å². The maximum Gasteiger partial charge on any atom is 0.150 e. The van der Waals surface area contributed by atoms with Crippen LogP contribution in [-0.2, 0) is 0 Å². The summed E-state index contributed by atoms with van der Waals surface area (Å²) in [6.45, 7) is 0. The lowest BCUT2D eigenvalue weighted by atomic mass is 10.1. The minimum Gasteiger partial charge on any atom is -0.382 e. The van der Waals surface area contributed by atoms with E-state index in [1.807, 2.05) is 48.5 Å². The molecule has 18 heavy (non-hydrogen) atoms. The van der Waals surface area contributed by atoms with Crippen LogP contribution in [0.4, 0.5) is 5.82 Å². The van der Waals surface area contributed by atoms with Crippen LogP contribution in [0, 0.1) is 0 Å². The second kappa shape index (κ2) is 4.27. The van der Waals surface area contributed by atoms with E-state index in [-0.39, 0.29) is 0 Å². The number of halogens is 1. The van der Waals surface area contributed by atoms with E-state index in [9.17, 15) is 0 Å². The van der Waals surface area contributed by atoms with Crippen LogP contribution in [0.2, 0.25) is 5.02 Å². The third kappa shape index (κ3) is 1.79. The van der Waals surface area contributed by atoms with E-state index in [0.29, 0.717) is 16.5 Å². The van der Waals surface area contributed by atoms with Crippen molar-refractivity contribution in [2.24, 2.45) is 0 Å². The van der Waals surface area contributed by atoms with Crippen LogP contribution in [-0.4, -0.2) is 9.97 Å². The largest absolute Gasteiger partial charge is 0.382 e. The van der Waals surface area contributed by atoms with Crippen molar-refractivity contribution in [2.75, 3.05) is 5.73 Å². The average molecular weight is 256 g/mol. The highest BCUT2D eigenvalue weighted by Gasteiger charge is 2.10. The van der Waals surface area contributed by atoms with Gasteiger partial charge in [-0.3, -0.25) is 0 Å². The molecule has 0 spiro atoms. The zero-order valence-electron chi connectivity index (χ0n) is 9.47. The molecule has 2 aromatic carbocycles. The number of nitrogen functional groups attached to an aromatic ring is 1. The SMILES string of the molecule is Nc1nc2ccccc2nc1-c1ccccc1Cl. The number of benzene rings is 2. The van der Waals surface area contributed by atoms with E-state index >= 15 is 0 Å². The smallest absolute Gasteiger partial charge is 0.150 e. The Morgan fingerprint density at radius 1 is 0.833 bits per heavy atom. The summed E-state index contributed by atoms with van der Waals surface area (Å²) in [5.41, 5.74) is 8.97. The Morgan fingerprint density at radius 3 is 2.17 bits per heavy atom. The second-order valence-electron chi connectivity index (χ2n) is 3.93. The number of hydrogen-bond acceptors (Lipinski definition) is 3. The fourth-order valence-electron chi connectivity index (χ4n) is 1.87. The van der Waals surface area contributed by atoms with E-state index in [1.54, 1.807) is 0 Å². The molecule has 88 valence electrons. The van der Waals surface area contributed by atoms with Crippen molar-refractivity contribution >= 4 is 28.5 Å². The number of rotatable bonds is 1. The molecule has 0 atom stereocenters. The molecule has 0 saturated heterocycles. The summed E-state index contributed by atoms with van der Waals surface area (Å²) in [7, 11) is 0. The van der Waals surface area contributed by atoms with Crippen molar-refractivity contribution < 1.29 is 0 Å². The van der Waals surface area contributed by atoms with Gasteiger partial charge in [0, 0.05) is 5.56 Å². The number of anilines is 1. The lowest BCUT2D eigenvalue weighted by Crippen LogP contribution is -1.98. The molecular weight excluding hydrogens is 246 g/mol. The Hall–Kier alpha value is -2.13. The summed E-state index contributed by atoms with van der Waals surface area (Å²) < 4.78 is 0. The maximum absolute atomic E-state index is 6.16. The van der Waals surface area contributed by atoms with E-state index in [4.69, 9.17) is 17.3 Å². The Kier molecular flexibility index (Phi) is 2.61. The fourth-order valence-corrected chi connectivity index (χ4v) is 2.09. The van der Waals surface area contributed by atoms with Crippen LogP contribution in [0.3, 0.4) is 0 Å². The molecule has 3 nitrogen and oxygen atoms in total. The van der Waals surface area contributed by atoms with Gasteiger partial charge in [0.05, 0.1) is 16.1 Å². The molecule has 0 aliphatic carbocycles. The van der Waals surface area contributed by atoms with Crippen molar-refractivity contribution in [1.82, 2.24) is 9.97 Å². The number of nitrogens with zero attached hydrogens (tertiary/aromatic N) is 2. The molecule has 0 unspecified atom stereocenters. The number of hydrogen-bond donors (Lipinski definition) is 1. The Morgan fingerprint density at radius 2 is 1.44 bits per heavy atom. The van der Waals surface area contributed by atoms with Gasteiger partial charge in [-0.25, -0.2) is 9.97 Å². The molecule has 0 bridgehead atoms. The van der Waals surface area contributed by atoms with Crippen molar-refractivity contribution in [3.8, 4) is 11.3 Å². The topological polar surface area (TPSA) is 51.8 Å². The highest BCUT2D eigenvalue weighted by atomic mass is 35.5. The Labute approximate surface area is 109 Å². The first-order valence-corrected chi connectivity index (χ1v) is 5.90. The van der Waals surface area contributed by atoms with Crippen molar-refractivity contribution in [3.05, 3.63) is 53.6 Å². The molecule has 0 amide bonds. The number of para-hydroxylation sites is 2. The Balaban J connectivity index is 2.30. The minimum absolute atomic E-state index is 0.391. The normalized spacial score (nSPS) is 10.7. The van der Waals surface area contributed by atoms with E-state index in [0.717, 1.165) is 16.6 Å². The van der Waals surface area contributed by atoms with Gasteiger partial charge in [-0.2, -0.15) is 0 Å². The zero-order chi connectivity index (χ0) is 12.5. The lowest BCUT2D eigenvalue weighted by Gasteiger charge is -2.07. The molecule has 4 heteroatoms. The monoisotopic (exact) mass is 255 g/mol. The number of aromatic nitrogens is 2. The van der Waals surface area contributed by atoms with Gasteiger partial charge in [-0.05, 0) is 18.2 Å². The molecule has 3 aromatic rings. The van der Waals surface area contributed by atoms with Crippen molar-refractivity contribution in [1.29, 1.82) is 0 Å². The molecule has 1 heterocycles. The first-order valence-electron chi connectivity index (χ1n) is 5.53. The number of fused-ring (bicyclic) bond motifs is 1. The summed E-state index contributed by atoms with van der Waals surface area (Å²) in [6, 6.07) is 15.1. The predicted octanol–water partition coefficient (Wildman–Crippen LogP) is 3.53. The van der Waals surface area contributed by atoms with Gasteiger partial charge in [0.25, 0.3) is 0 Å². The van der Waals surface area contributed by atoms with Gasteiger partial charge in [0.2, 0.25) is 0 Å². The summed E-state index contributed by atoms with van der Waals surface area (Å²) in [5.74, 6) is 0.391. The van der Waals surface area contributed by atoms with Crippen molar-refractivity contribution in [3.63, 3.8) is 0 Å².